The van der Waals surface area contributed by atoms with Crippen LogP contribution in [-0.2, 0) is 9.53 Å². The van der Waals surface area contributed by atoms with E-state index in [0.29, 0.717) is 29.2 Å². The van der Waals surface area contributed by atoms with Crippen LogP contribution in [0.1, 0.15) is 34.9 Å². The first-order valence-corrected chi connectivity index (χ1v) is 12.0. The SMILES string of the molecule is O=C(C[N+]12CCC(CC1)[C@@H](OC(=O)C(Nc1ccccc1)c1ccccc1)C2)c1ccccn1. The van der Waals surface area contributed by atoms with E-state index in [9.17, 15) is 9.59 Å². The van der Waals surface area contributed by atoms with Gasteiger partial charge >= 0.3 is 5.97 Å². The van der Waals surface area contributed by atoms with Gasteiger partial charge in [-0.15, -0.1) is 0 Å². The fourth-order valence-corrected chi connectivity index (χ4v) is 5.33. The standard InChI is InChI=1S/C28H30N3O3/c32-25(24-13-7-8-16-29-24)19-31-17-14-21(15-18-31)26(20-31)34-28(33)27(22-9-3-1-4-10-22)30-23-11-5-2-6-12-23/h1-13,16,21,26-27,30H,14-15,17-20H2/q+1/t21?,26-,27?,31?/m0/s1. The van der Waals surface area contributed by atoms with E-state index in [0.717, 1.165) is 37.2 Å². The van der Waals surface area contributed by atoms with Crippen LogP contribution in [0.15, 0.2) is 85.1 Å². The molecule has 2 aromatic carbocycles. The molecular formula is C28H30N3O3+. The van der Waals surface area contributed by atoms with Crippen molar-refractivity contribution in [2.75, 3.05) is 31.5 Å². The van der Waals surface area contributed by atoms with Crippen molar-refractivity contribution in [3.8, 4) is 0 Å². The number of para-hydroxylation sites is 1. The van der Waals surface area contributed by atoms with E-state index >= 15 is 0 Å². The van der Waals surface area contributed by atoms with Gasteiger partial charge in [0.2, 0.25) is 5.78 Å². The van der Waals surface area contributed by atoms with Crippen molar-refractivity contribution >= 4 is 17.4 Å². The topological polar surface area (TPSA) is 68.3 Å². The number of pyridine rings is 1. The number of ether oxygens (including phenoxy) is 1. The van der Waals surface area contributed by atoms with E-state index in [1.165, 1.54) is 0 Å². The number of aromatic nitrogens is 1. The average Bonchev–Trinajstić information content (AvgIpc) is 2.89. The van der Waals surface area contributed by atoms with Gasteiger partial charge < -0.3 is 14.5 Å². The summed E-state index contributed by atoms with van der Waals surface area (Å²) in [4.78, 5) is 30.6. The highest BCUT2D eigenvalue weighted by atomic mass is 16.5. The number of carbonyl (C=O) groups excluding carboxylic acids is 2. The Hall–Kier alpha value is -3.51. The molecule has 34 heavy (non-hydrogen) atoms. The van der Waals surface area contributed by atoms with Gasteiger partial charge in [0.1, 0.15) is 18.8 Å². The number of piperidine rings is 3. The monoisotopic (exact) mass is 456 g/mol. The van der Waals surface area contributed by atoms with Crippen molar-refractivity contribution in [2.24, 2.45) is 5.92 Å². The molecule has 3 saturated heterocycles. The highest BCUT2D eigenvalue weighted by Crippen LogP contribution is 2.36. The van der Waals surface area contributed by atoms with Crippen molar-refractivity contribution in [3.63, 3.8) is 0 Å². The smallest absolute Gasteiger partial charge is 0.333 e. The summed E-state index contributed by atoms with van der Waals surface area (Å²) in [6.45, 7) is 2.98. The summed E-state index contributed by atoms with van der Waals surface area (Å²) >= 11 is 0. The van der Waals surface area contributed by atoms with E-state index in [4.69, 9.17) is 4.74 Å². The summed E-state index contributed by atoms with van der Waals surface area (Å²) in [6, 6.07) is 24.2. The average molecular weight is 457 g/mol. The summed E-state index contributed by atoms with van der Waals surface area (Å²) in [5.41, 5.74) is 2.24. The largest absolute Gasteiger partial charge is 0.454 e. The van der Waals surface area contributed by atoms with Crippen LogP contribution in [0.2, 0.25) is 0 Å². The van der Waals surface area contributed by atoms with Crippen LogP contribution in [0.3, 0.4) is 0 Å². The summed E-state index contributed by atoms with van der Waals surface area (Å²) in [5, 5.41) is 3.35. The number of nitrogens with zero attached hydrogens (tertiary/aromatic N) is 2. The minimum absolute atomic E-state index is 0.0546. The van der Waals surface area contributed by atoms with Crippen molar-refractivity contribution in [1.29, 1.82) is 0 Å². The zero-order valence-electron chi connectivity index (χ0n) is 19.2. The normalized spacial score (nSPS) is 24.2. The zero-order valence-corrected chi connectivity index (χ0v) is 19.2. The molecule has 0 saturated carbocycles. The van der Waals surface area contributed by atoms with E-state index in [1.54, 1.807) is 12.3 Å². The highest BCUT2D eigenvalue weighted by molar-refractivity contribution is 5.95. The molecule has 6 heteroatoms. The third kappa shape index (κ3) is 4.87. The number of Topliss-reactive ketones (excluding diaryl/α,β-unsaturated/α-hetero) is 1. The van der Waals surface area contributed by atoms with Gasteiger partial charge in [0.15, 0.2) is 12.1 Å². The van der Waals surface area contributed by atoms with Gasteiger partial charge in [-0.1, -0.05) is 54.6 Å². The maximum atomic E-state index is 13.5. The van der Waals surface area contributed by atoms with Gasteiger partial charge in [-0.25, -0.2) is 4.79 Å². The third-order valence-electron chi connectivity index (χ3n) is 7.19. The molecule has 6 nitrogen and oxygen atoms in total. The molecule has 3 aliphatic rings. The number of quaternary nitrogens is 1. The lowest BCUT2D eigenvalue weighted by Gasteiger charge is -2.51. The fraction of sp³-hybridized carbons (Fsp3) is 0.321. The van der Waals surface area contributed by atoms with Gasteiger partial charge in [0.05, 0.1) is 13.1 Å². The van der Waals surface area contributed by atoms with Crippen LogP contribution < -0.4 is 5.32 Å². The summed E-state index contributed by atoms with van der Waals surface area (Å²) in [6.07, 6.45) is 3.41. The van der Waals surface area contributed by atoms with Crippen molar-refractivity contribution in [1.82, 2.24) is 4.98 Å². The van der Waals surface area contributed by atoms with E-state index in [-0.39, 0.29) is 17.9 Å². The second-order valence-corrected chi connectivity index (χ2v) is 9.43. The Labute approximate surface area is 200 Å². The van der Waals surface area contributed by atoms with Crippen LogP contribution in [0.5, 0.6) is 0 Å². The molecule has 3 aliphatic heterocycles. The quantitative estimate of drug-likeness (QED) is 0.312. The Morgan fingerprint density at radius 2 is 1.62 bits per heavy atom. The van der Waals surface area contributed by atoms with E-state index < -0.39 is 6.04 Å². The minimum atomic E-state index is -0.595. The molecule has 0 aliphatic carbocycles. The predicted molar refractivity (Wildman–Crippen MR) is 130 cm³/mol. The lowest BCUT2D eigenvalue weighted by Crippen LogP contribution is -2.65. The Balaban J connectivity index is 1.31. The number of nitrogens with one attached hydrogen (secondary N) is 1. The summed E-state index contributed by atoms with van der Waals surface area (Å²) < 4.78 is 6.85. The molecule has 1 N–H and O–H groups in total. The first-order chi connectivity index (χ1) is 16.6. The first kappa shape index (κ1) is 22.3. The molecule has 6 rings (SSSR count). The molecule has 0 radical (unpaired) electrons. The molecule has 0 spiro atoms. The minimum Gasteiger partial charge on any atom is -0.454 e. The van der Waals surface area contributed by atoms with Crippen molar-refractivity contribution < 1.29 is 18.8 Å². The molecular weight excluding hydrogens is 426 g/mol. The van der Waals surface area contributed by atoms with Crippen LogP contribution in [0.4, 0.5) is 5.69 Å². The molecule has 2 atom stereocenters. The molecule has 4 heterocycles. The number of ketones is 1. The molecule has 2 bridgehead atoms. The van der Waals surface area contributed by atoms with Gasteiger partial charge in [0, 0.05) is 30.6 Å². The number of anilines is 1. The molecule has 1 aromatic heterocycles. The summed E-state index contributed by atoms with van der Waals surface area (Å²) in [5.74, 6) is 0.129. The zero-order chi connectivity index (χ0) is 23.4. The number of carbonyl (C=O) groups is 2. The maximum absolute atomic E-state index is 13.5. The fourth-order valence-electron chi connectivity index (χ4n) is 5.33. The van der Waals surface area contributed by atoms with Crippen LogP contribution in [0, 0.1) is 5.92 Å². The number of esters is 1. The molecule has 174 valence electrons. The molecule has 1 unspecified atom stereocenters. The number of rotatable bonds is 8. The maximum Gasteiger partial charge on any atom is 0.333 e. The van der Waals surface area contributed by atoms with E-state index in [2.05, 4.69) is 10.3 Å². The van der Waals surface area contributed by atoms with Crippen molar-refractivity contribution in [2.45, 2.75) is 25.0 Å². The van der Waals surface area contributed by atoms with Crippen LogP contribution in [0.25, 0.3) is 0 Å². The Bertz CT molecular complexity index is 1110. The predicted octanol–water partition coefficient (Wildman–Crippen LogP) is 4.27. The third-order valence-corrected chi connectivity index (χ3v) is 7.19. The Morgan fingerprint density at radius 3 is 2.29 bits per heavy atom. The highest BCUT2D eigenvalue weighted by Gasteiger charge is 2.49. The van der Waals surface area contributed by atoms with Crippen LogP contribution >= 0.6 is 0 Å². The van der Waals surface area contributed by atoms with Crippen molar-refractivity contribution in [3.05, 3.63) is 96.3 Å². The molecule has 3 aromatic rings. The lowest BCUT2D eigenvalue weighted by atomic mass is 9.83. The molecule has 3 fully saturated rings. The first-order valence-electron chi connectivity index (χ1n) is 12.0. The van der Waals surface area contributed by atoms with Gasteiger partial charge in [0.25, 0.3) is 0 Å². The Morgan fingerprint density at radius 1 is 0.941 bits per heavy atom. The second-order valence-electron chi connectivity index (χ2n) is 9.43. The van der Waals surface area contributed by atoms with Crippen LogP contribution in [-0.4, -0.2) is 53.5 Å². The van der Waals surface area contributed by atoms with Gasteiger partial charge in [-0.05, 0) is 29.8 Å². The number of hydrogen-bond donors (Lipinski definition) is 1. The Kier molecular flexibility index (Phi) is 6.41. The second kappa shape index (κ2) is 9.77. The lowest BCUT2D eigenvalue weighted by molar-refractivity contribution is -0.938. The number of hydrogen-bond acceptors (Lipinski definition) is 5. The van der Waals surface area contributed by atoms with Gasteiger partial charge in [-0.3, -0.25) is 9.78 Å². The summed E-state index contributed by atoms with van der Waals surface area (Å²) in [7, 11) is 0. The van der Waals surface area contributed by atoms with Gasteiger partial charge in [-0.2, -0.15) is 0 Å². The number of benzene rings is 2. The number of fused-ring (bicyclic) bond motifs is 3. The van der Waals surface area contributed by atoms with E-state index in [1.807, 2.05) is 72.8 Å². The molecule has 0 amide bonds.